The molecule has 4 unspecified atom stereocenters. The van der Waals surface area contributed by atoms with E-state index in [0.717, 1.165) is 17.4 Å². The van der Waals surface area contributed by atoms with Crippen LogP contribution in [-0.2, 0) is 0 Å². The van der Waals surface area contributed by atoms with Crippen LogP contribution < -0.4 is 0 Å². The summed E-state index contributed by atoms with van der Waals surface area (Å²) in [5.41, 5.74) is 2.12. The molecule has 4 atom stereocenters. The summed E-state index contributed by atoms with van der Waals surface area (Å²) >= 11 is 0. The van der Waals surface area contributed by atoms with E-state index < -0.39 is 0 Å². The molecule has 0 aromatic heterocycles. The molecule has 1 aliphatic heterocycles. The van der Waals surface area contributed by atoms with Gasteiger partial charge in [0.05, 0.1) is 0 Å². The summed E-state index contributed by atoms with van der Waals surface area (Å²) in [5, 5.41) is 0. The molecule has 0 spiro atoms. The van der Waals surface area contributed by atoms with E-state index in [4.69, 9.17) is 0 Å². The summed E-state index contributed by atoms with van der Waals surface area (Å²) in [6, 6.07) is 9.23. The Labute approximate surface area is 133 Å². The van der Waals surface area contributed by atoms with Crippen molar-refractivity contribution in [2.45, 2.75) is 70.4 Å². The highest BCUT2D eigenvalue weighted by Gasteiger charge is 2.51. The minimum absolute atomic E-state index is 0.297. The number of carbonyl (C=O) groups is 1. The third kappa shape index (κ3) is 2.28. The molecule has 3 fully saturated rings. The highest BCUT2D eigenvalue weighted by molar-refractivity contribution is 5.95. The molecule has 1 saturated heterocycles. The molecule has 0 N–H and O–H groups in total. The first-order valence-electron chi connectivity index (χ1n) is 9.15. The topological polar surface area (TPSA) is 20.3 Å². The number of nitrogens with zero attached hydrogens (tertiary/aromatic N) is 1. The Morgan fingerprint density at radius 2 is 1.36 bits per heavy atom. The van der Waals surface area contributed by atoms with E-state index in [1.54, 1.807) is 0 Å². The quantitative estimate of drug-likeness (QED) is 0.743. The Morgan fingerprint density at radius 3 is 1.91 bits per heavy atom. The number of benzene rings is 1. The Bertz CT molecular complexity index is 527. The monoisotopic (exact) mass is 297 g/mol. The molecule has 2 saturated carbocycles. The van der Waals surface area contributed by atoms with Crippen molar-refractivity contribution in [2.24, 2.45) is 11.8 Å². The van der Waals surface area contributed by atoms with E-state index in [9.17, 15) is 4.79 Å². The third-order valence-corrected chi connectivity index (χ3v) is 6.36. The molecule has 0 radical (unpaired) electrons. The van der Waals surface area contributed by atoms with Gasteiger partial charge in [0.25, 0.3) is 5.91 Å². The molecule has 1 aromatic rings. The smallest absolute Gasteiger partial charge is 0.254 e. The summed E-state index contributed by atoms with van der Waals surface area (Å²) in [5.74, 6) is 1.87. The molecular weight excluding hydrogens is 270 g/mol. The maximum atomic E-state index is 13.2. The van der Waals surface area contributed by atoms with Gasteiger partial charge in [-0.15, -0.1) is 0 Å². The van der Waals surface area contributed by atoms with Crippen molar-refractivity contribution in [3.63, 3.8) is 0 Å². The van der Waals surface area contributed by atoms with Crippen molar-refractivity contribution in [1.82, 2.24) is 4.90 Å². The van der Waals surface area contributed by atoms with Crippen LogP contribution in [0.3, 0.4) is 0 Å². The Kier molecular flexibility index (Phi) is 3.71. The van der Waals surface area contributed by atoms with Gasteiger partial charge in [-0.05, 0) is 56.6 Å². The van der Waals surface area contributed by atoms with Crippen LogP contribution >= 0.6 is 0 Å². The fraction of sp³-hybridized carbons (Fsp3) is 0.650. The van der Waals surface area contributed by atoms with Gasteiger partial charge in [0.1, 0.15) is 0 Å². The highest BCUT2D eigenvalue weighted by Crippen LogP contribution is 2.49. The molecule has 22 heavy (non-hydrogen) atoms. The van der Waals surface area contributed by atoms with Gasteiger partial charge in [0, 0.05) is 17.6 Å². The predicted molar refractivity (Wildman–Crippen MR) is 88.8 cm³/mol. The largest absolute Gasteiger partial charge is 0.332 e. The second kappa shape index (κ2) is 5.72. The van der Waals surface area contributed by atoms with Crippen LogP contribution in [0.5, 0.6) is 0 Å². The highest BCUT2D eigenvalue weighted by atomic mass is 16.2. The average molecular weight is 297 g/mol. The van der Waals surface area contributed by atoms with E-state index in [2.05, 4.69) is 24.0 Å². The zero-order chi connectivity index (χ0) is 15.1. The van der Waals surface area contributed by atoms with Gasteiger partial charge >= 0.3 is 0 Å². The van der Waals surface area contributed by atoms with E-state index in [1.165, 1.54) is 56.9 Å². The predicted octanol–water partition coefficient (Wildman–Crippen LogP) is 4.57. The van der Waals surface area contributed by atoms with E-state index >= 15 is 0 Å². The first-order chi connectivity index (χ1) is 10.8. The molecule has 1 amide bonds. The number of hydrogen-bond donors (Lipinski definition) is 0. The number of aryl methyl sites for hydroxylation is 1. The van der Waals surface area contributed by atoms with Crippen LogP contribution in [0.15, 0.2) is 24.3 Å². The van der Waals surface area contributed by atoms with Gasteiger partial charge < -0.3 is 4.90 Å². The van der Waals surface area contributed by atoms with Crippen LogP contribution in [-0.4, -0.2) is 22.9 Å². The second-order valence-corrected chi connectivity index (χ2v) is 7.61. The number of fused-ring (bicyclic) bond motifs is 3. The van der Waals surface area contributed by atoms with Gasteiger partial charge in [-0.25, -0.2) is 0 Å². The minimum atomic E-state index is 0.297. The minimum Gasteiger partial charge on any atom is -0.332 e. The van der Waals surface area contributed by atoms with Crippen LogP contribution in [0.4, 0.5) is 0 Å². The van der Waals surface area contributed by atoms with Crippen molar-refractivity contribution in [3.05, 3.63) is 35.4 Å². The summed E-state index contributed by atoms with van der Waals surface area (Å²) < 4.78 is 0. The SMILES string of the molecule is Cc1ccc(C(=O)N2C3CCCCC3C3CCCCC32)cc1. The standard InChI is InChI=1S/C20H27NO/c1-14-10-12-15(13-11-14)20(22)21-18-8-4-2-6-16(18)17-7-3-5-9-19(17)21/h10-13,16-19H,2-9H2,1H3. The average Bonchev–Trinajstić information content (AvgIpc) is 2.89. The molecule has 2 heteroatoms. The maximum Gasteiger partial charge on any atom is 0.254 e. The van der Waals surface area contributed by atoms with Crippen molar-refractivity contribution in [3.8, 4) is 0 Å². The van der Waals surface area contributed by atoms with Gasteiger partial charge in [-0.2, -0.15) is 0 Å². The molecule has 1 aromatic carbocycles. The Balaban J connectivity index is 1.65. The normalized spacial score (nSPS) is 34.1. The molecule has 2 aliphatic carbocycles. The lowest BCUT2D eigenvalue weighted by Gasteiger charge is -2.34. The Morgan fingerprint density at radius 1 is 0.864 bits per heavy atom. The summed E-state index contributed by atoms with van der Waals surface area (Å²) in [4.78, 5) is 15.5. The van der Waals surface area contributed by atoms with Gasteiger partial charge in [0.2, 0.25) is 0 Å². The van der Waals surface area contributed by atoms with E-state index in [0.29, 0.717) is 18.0 Å². The number of rotatable bonds is 1. The fourth-order valence-corrected chi connectivity index (χ4v) is 5.36. The molecule has 4 rings (SSSR count). The first kappa shape index (κ1) is 14.3. The van der Waals surface area contributed by atoms with E-state index in [1.807, 2.05) is 12.1 Å². The van der Waals surface area contributed by atoms with Crippen molar-refractivity contribution in [1.29, 1.82) is 0 Å². The number of amides is 1. The van der Waals surface area contributed by atoms with Gasteiger partial charge in [-0.3, -0.25) is 4.79 Å². The Hall–Kier alpha value is -1.31. The van der Waals surface area contributed by atoms with Crippen LogP contribution in [0.1, 0.15) is 67.3 Å². The fourth-order valence-electron chi connectivity index (χ4n) is 5.36. The molecule has 118 valence electrons. The number of hydrogen-bond acceptors (Lipinski definition) is 1. The van der Waals surface area contributed by atoms with Crippen LogP contribution in [0, 0.1) is 18.8 Å². The van der Waals surface area contributed by atoms with Crippen LogP contribution in [0.25, 0.3) is 0 Å². The molecule has 0 bridgehead atoms. The molecule has 2 nitrogen and oxygen atoms in total. The number of likely N-dealkylation sites (tertiary alicyclic amines) is 1. The zero-order valence-electron chi connectivity index (χ0n) is 13.6. The van der Waals surface area contributed by atoms with Crippen LogP contribution in [0.2, 0.25) is 0 Å². The number of carbonyl (C=O) groups excluding carboxylic acids is 1. The molecule has 1 heterocycles. The van der Waals surface area contributed by atoms with Gasteiger partial charge in [0.15, 0.2) is 0 Å². The lowest BCUT2D eigenvalue weighted by molar-refractivity contribution is 0.0594. The van der Waals surface area contributed by atoms with Crippen molar-refractivity contribution in [2.75, 3.05) is 0 Å². The lowest BCUT2D eigenvalue weighted by atomic mass is 9.73. The van der Waals surface area contributed by atoms with Gasteiger partial charge in [-0.1, -0.05) is 43.4 Å². The van der Waals surface area contributed by atoms with E-state index in [-0.39, 0.29) is 0 Å². The van der Waals surface area contributed by atoms with Crippen molar-refractivity contribution < 1.29 is 4.79 Å². The molecular formula is C20H27NO. The zero-order valence-corrected chi connectivity index (χ0v) is 13.6. The maximum absolute atomic E-state index is 13.2. The second-order valence-electron chi connectivity index (χ2n) is 7.61. The summed E-state index contributed by atoms with van der Waals surface area (Å²) in [6.07, 6.45) is 10.5. The third-order valence-electron chi connectivity index (χ3n) is 6.36. The molecule has 3 aliphatic rings. The first-order valence-corrected chi connectivity index (χ1v) is 9.15. The van der Waals surface area contributed by atoms with Crippen molar-refractivity contribution >= 4 is 5.91 Å². The lowest BCUT2D eigenvalue weighted by Crippen LogP contribution is -2.44. The summed E-state index contributed by atoms with van der Waals surface area (Å²) in [7, 11) is 0. The summed E-state index contributed by atoms with van der Waals surface area (Å²) in [6.45, 7) is 2.08.